The van der Waals surface area contributed by atoms with E-state index >= 15 is 0 Å². The fourth-order valence-corrected chi connectivity index (χ4v) is 2.33. The molecule has 102 valence electrons. The molecule has 1 aromatic heterocycles. The number of aromatic hydroxyl groups is 1. The number of methoxy groups -OCH3 is 1. The maximum Gasteiger partial charge on any atom is 0.205 e. The normalized spacial score (nSPS) is 10.7. The molecule has 2 aromatic rings. The smallest absolute Gasteiger partial charge is 0.205 e. The molecule has 0 saturated carbocycles. The van der Waals surface area contributed by atoms with Crippen LogP contribution in [0.3, 0.4) is 0 Å². The van der Waals surface area contributed by atoms with Gasteiger partial charge in [-0.05, 0) is 6.07 Å². The number of hydrogen-bond acceptors (Lipinski definition) is 6. The van der Waals surface area contributed by atoms with Gasteiger partial charge < -0.3 is 15.2 Å². The summed E-state index contributed by atoms with van der Waals surface area (Å²) in [7, 11) is 1.53. The van der Waals surface area contributed by atoms with Crippen LogP contribution in [-0.4, -0.2) is 22.4 Å². The zero-order chi connectivity index (χ0) is 13.8. The molecule has 2 rings (SSSR count). The van der Waals surface area contributed by atoms with E-state index in [1.165, 1.54) is 18.4 Å². The third-order valence-corrected chi connectivity index (χ3v) is 3.85. The highest BCUT2D eigenvalue weighted by atomic mass is 32.1. The van der Waals surface area contributed by atoms with Crippen LogP contribution in [0.1, 0.15) is 30.3 Å². The maximum absolute atomic E-state index is 9.96. The van der Waals surface area contributed by atoms with Crippen LogP contribution >= 0.6 is 11.3 Å². The fraction of sp³-hybridized carbons (Fsp3) is 0.385. The molecule has 0 spiro atoms. The highest BCUT2D eigenvalue weighted by Crippen LogP contribution is 2.30. The first-order valence-corrected chi connectivity index (χ1v) is 6.85. The first-order valence-electron chi connectivity index (χ1n) is 6.04. The van der Waals surface area contributed by atoms with Gasteiger partial charge in [-0.15, -0.1) is 10.2 Å². The molecule has 6 heteroatoms. The van der Waals surface area contributed by atoms with Gasteiger partial charge in [0.2, 0.25) is 5.13 Å². The lowest BCUT2D eigenvalue weighted by Gasteiger charge is -2.08. The van der Waals surface area contributed by atoms with Gasteiger partial charge in [-0.3, -0.25) is 0 Å². The van der Waals surface area contributed by atoms with Crippen molar-refractivity contribution in [2.75, 3.05) is 12.4 Å². The van der Waals surface area contributed by atoms with Crippen LogP contribution in [0, 0.1) is 0 Å². The minimum Gasteiger partial charge on any atom is -0.504 e. The number of para-hydroxylation sites is 1. The minimum atomic E-state index is 0.158. The zero-order valence-electron chi connectivity index (χ0n) is 11.2. The van der Waals surface area contributed by atoms with E-state index in [2.05, 4.69) is 29.4 Å². The molecule has 0 atom stereocenters. The Hall–Kier alpha value is -1.82. The summed E-state index contributed by atoms with van der Waals surface area (Å²) in [6.45, 7) is 4.64. The van der Waals surface area contributed by atoms with E-state index in [9.17, 15) is 5.11 Å². The van der Waals surface area contributed by atoms with Crippen molar-refractivity contribution in [3.63, 3.8) is 0 Å². The third-order valence-electron chi connectivity index (χ3n) is 2.67. The first-order chi connectivity index (χ1) is 9.11. The molecule has 2 N–H and O–H groups in total. The molecule has 0 saturated heterocycles. The molecule has 0 aliphatic rings. The summed E-state index contributed by atoms with van der Waals surface area (Å²) in [5.41, 5.74) is 0.764. The van der Waals surface area contributed by atoms with Crippen LogP contribution in [0.15, 0.2) is 18.2 Å². The van der Waals surface area contributed by atoms with Crippen molar-refractivity contribution in [1.82, 2.24) is 10.2 Å². The molecule has 1 aromatic carbocycles. The highest BCUT2D eigenvalue weighted by Gasteiger charge is 2.10. The summed E-state index contributed by atoms with van der Waals surface area (Å²) in [5, 5.41) is 23.0. The van der Waals surface area contributed by atoms with Gasteiger partial charge in [-0.25, -0.2) is 0 Å². The van der Waals surface area contributed by atoms with Crippen molar-refractivity contribution >= 4 is 16.5 Å². The van der Waals surface area contributed by atoms with E-state index in [-0.39, 0.29) is 5.75 Å². The summed E-state index contributed by atoms with van der Waals surface area (Å²) in [4.78, 5) is 0. The van der Waals surface area contributed by atoms with Crippen LogP contribution in [0.25, 0.3) is 0 Å². The predicted octanol–water partition coefficient (Wildman–Crippen LogP) is 2.99. The number of phenols is 1. The first kappa shape index (κ1) is 13.6. The van der Waals surface area contributed by atoms with Crippen molar-refractivity contribution in [2.24, 2.45) is 0 Å². The van der Waals surface area contributed by atoms with E-state index in [4.69, 9.17) is 4.74 Å². The lowest BCUT2D eigenvalue weighted by atomic mass is 10.2. The van der Waals surface area contributed by atoms with Gasteiger partial charge >= 0.3 is 0 Å². The summed E-state index contributed by atoms with van der Waals surface area (Å²) < 4.78 is 5.07. The second-order valence-corrected chi connectivity index (χ2v) is 5.43. The molecule has 1 heterocycles. The van der Waals surface area contributed by atoms with Gasteiger partial charge in [0.15, 0.2) is 11.5 Å². The van der Waals surface area contributed by atoms with Gasteiger partial charge in [0.25, 0.3) is 0 Å². The number of phenolic OH excluding ortho intramolecular Hbond substituents is 1. The average molecular weight is 279 g/mol. The third kappa shape index (κ3) is 3.14. The van der Waals surface area contributed by atoms with Crippen LogP contribution in [0.5, 0.6) is 11.5 Å². The summed E-state index contributed by atoms with van der Waals surface area (Å²) in [6, 6.07) is 5.41. The molecule has 0 aliphatic heterocycles. The number of hydrogen-bond donors (Lipinski definition) is 2. The molecule has 0 amide bonds. The minimum absolute atomic E-state index is 0.158. The number of nitrogens with zero attached hydrogens (tertiary/aromatic N) is 2. The molecule has 19 heavy (non-hydrogen) atoms. The molecule has 5 nitrogen and oxygen atoms in total. The van der Waals surface area contributed by atoms with Crippen molar-refractivity contribution in [2.45, 2.75) is 26.3 Å². The van der Waals surface area contributed by atoms with E-state index < -0.39 is 0 Å². The van der Waals surface area contributed by atoms with Gasteiger partial charge in [0.05, 0.1) is 7.11 Å². The van der Waals surface area contributed by atoms with Crippen LogP contribution < -0.4 is 10.1 Å². The quantitative estimate of drug-likeness (QED) is 0.880. The standard InChI is InChI=1S/C13H17N3O2S/c1-8(2)12-15-16-13(19-12)14-7-9-5-4-6-10(18-3)11(9)17/h4-6,8,17H,7H2,1-3H3,(H,14,16). The Labute approximate surface area is 116 Å². The highest BCUT2D eigenvalue weighted by molar-refractivity contribution is 7.15. The number of anilines is 1. The molecule has 0 bridgehead atoms. The van der Waals surface area contributed by atoms with Crippen molar-refractivity contribution in [3.05, 3.63) is 28.8 Å². The second-order valence-electron chi connectivity index (χ2n) is 4.42. The van der Waals surface area contributed by atoms with Gasteiger partial charge in [0, 0.05) is 18.0 Å². The summed E-state index contributed by atoms with van der Waals surface area (Å²) >= 11 is 1.53. The van der Waals surface area contributed by atoms with Crippen LogP contribution in [0.4, 0.5) is 5.13 Å². The maximum atomic E-state index is 9.96. The number of aromatic nitrogens is 2. The molecule has 0 fully saturated rings. The average Bonchev–Trinajstić information content (AvgIpc) is 2.86. The van der Waals surface area contributed by atoms with E-state index in [1.807, 2.05) is 12.1 Å². The van der Waals surface area contributed by atoms with Crippen LogP contribution in [0.2, 0.25) is 0 Å². The molecular weight excluding hydrogens is 262 g/mol. The molecule has 0 unspecified atom stereocenters. The Bertz CT molecular complexity index is 555. The fourth-order valence-electron chi connectivity index (χ4n) is 1.59. The van der Waals surface area contributed by atoms with Crippen LogP contribution in [-0.2, 0) is 6.54 Å². The lowest BCUT2D eigenvalue weighted by molar-refractivity contribution is 0.371. The Morgan fingerprint density at radius 3 is 2.79 bits per heavy atom. The topological polar surface area (TPSA) is 67.3 Å². The summed E-state index contributed by atoms with van der Waals surface area (Å²) in [6.07, 6.45) is 0. The summed E-state index contributed by atoms with van der Waals surface area (Å²) in [5.74, 6) is 1.00. The van der Waals surface area contributed by atoms with Crippen molar-refractivity contribution in [3.8, 4) is 11.5 Å². The Morgan fingerprint density at radius 2 is 2.16 bits per heavy atom. The SMILES string of the molecule is COc1cccc(CNc2nnc(C(C)C)s2)c1O. The monoisotopic (exact) mass is 279 g/mol. The Balaban J connectivity index is 2.06. The number of rotatable bonds is 5. The second kappa shape index (κ2) is 5.88. The number of nitrogens with one attached hydrogen (secondary N) is 1. The van der Waals surface area contributed by atoms with Crippen molar-refractivity contribution < 1.29 is 9.84 Å². The van der Waals surface area contributed by atoms with E-state index in [1.54, 1.807) is 6.07 Å². The van der Waals surface area contributed by atoms with E-state index in [0.29, 0.717) is 18.2 Å². The Morgan fingerprint density at radius 1 is 1.37 bits per heavy atom. The van der Waals surface area contributed by atoms with Gasteiger partial charge in [0.1, 0.15) is 5.01 Å². The largest absolute Gasteiger partial charge is 0.504 e. The van der Waals surface area contributed by atoms with Gasteiger partial charge in [-0.2, -0.15) is 0 Å². The lowest BCUT2D eigenvalue weighted by Crippen LogP contribution is -2.00. The molecule has 0 radical (unpaired) electrons. The van der Waals surface area contributed by atoms with Crippen molar-refractivity contribution in [1.29, 1.82) is 0 Å². The zero-order valence-corrected chi connectivity index (χ0v) is 12.0. The predicted molar refractivity (Wildman–Crippen MR) is 76.0 cm³/mol. The number of ether oxygens (including phenoxy) is 1. The number of benzene rings is 1. The molecular formula is C13H17N3O2S. The Kier molecular flexibility index (Phi) is 4.21. The van der Waals surface area contributed by atoms with Gasteiger partial charge in [-0.1, -0.05) is 37.3 Å². The molecule has 0 aliphatic carbocycles. The van der Waals surface area contributed by atoms with E-state index in [0.717, 1.165) is 15.7 Å².